The third-order valence-corrected chi connectivity index (χ3v) is 5.76. The van der Waals surface area contributed by atoms with E-state index in [0.717, 1.165) is 17.8 Å². The molecule has 1 aliphatic heterocycles. The highest BCUT2D eigenvalue weighted by atomic mass is 32.1. The summed E-state index contributed by atoms with van der Waals surface area (Å²) in [7, 11) is 0. The predicted molar refractivity (Wildman–Crippen MR) is 89.9 cm³/mol. The van der Waals surface area contributed by atoms with Gasteiger partial charge in [0.1, 0.15) is 5.01 Å². The zero-order valence-electron chi connectivity index (χ0n) is 13.5. The second kappa shape index (κ2) is 7.90. The Bertz CT molecular complexity index is 524. The number of hydrogen-bond acceptors (Lipinski definition) is 4. The van der Waals surface area contributed by atoms with Gasteiger partial charge in [0.2, 0.25) is 11.8 Å². The first-order chi connectivity index (χ1) is 11.2. The Morgan fingerprint density at radius 2 is 2.04 bits per heavy atom. The minimum Gasteiger partial charge on any atom is -0.349 e. The van der Waals surface area contributed by atoms with Crippen LogP contribution in [-0.2, 0) is 16.1 Å². The van der Waals surface area contributed by atoms with Crippen molar-refractivity contribution < 1.29 is 9.59 Å². The molecule has 5 nitrogen and oxygen atoms in total. The largest absolute Gasteiger partial charge is 0.349 e. The van der Waals surface area contributed by atoms with Gasteiger partial charge >= 0.3 is 0 Å². The lowest BCUT2D eigenvalue weighted by Gasteiger charge is -2.37. The van der Waals surface area contributed by atoms with Crippen molar-refractivity contribution in [2.45, 2.75) is 64.0 Å². The highest BCUT2D eigenvalue weighted by Crippen LogP contribution is 2.27. The summed E-state index contributed by atoms with van der Waals surface area (Å²) in [5.74, 6) is 0.225. The first-order valence-corrected chi connectivity index (χ1v) is 9.57. The average Bonchev–Trinajstić information content (AvgIpc) is 2.94. The molecule has 0 bridgehead atoms. The van der Waals surface area contributed by atoms with Crippen LogP contribution in [0.5, 0.6) is 0 Å². The fourth-order valence-corrected chi connectivity index (χ4v) is 4.21. The van der Waals surface area contributed by atoms with Gasteiger partial charge in [-0.25, -0.2) is 4.98 Å². The normalized spacial score (nSPS) is 23.6. The summed E-state index contributed by atoms with van der Waals surface area (Å²) in [5, 5.41) is 5.81. The molecule has 2 heterocycles. The van der Waals surface area contributed by atoms with Crippen molar-refractivity contribution in [2.75, 3.05) is 6.54 Å². The lowest BCUT2D eigenvalue weighted by molar-refractivity contribution is -0.141. The molecule has 0 unspecified atom stereocenters. The van der Waals surface area contributed by atoms with Crippen molar-refractivity contribution in [3.63, 3.8) is 0 Å². The second-order valence-corrected chi connectivity index (χ2v) is 7.55. The van der Waals surface area contributed by atoms with Crippen molar-refractivity contribution in [1.29, 1.82) is 0 Å². The fourth-order valence-electron chi connectivity index (χ4n) is 3.66. The first kappa shape index (κ1) is 16.4. The van der Waals surface area contributed by atoms with Gasteiger partial charge in [0, 0.05) is 30.6 Å². The molecular formula is C17H25N3O2S. The maximum atomic E-state index is 12.4. The van der Waals surface area contributed by atoms with E-state index < -0.39 is 0 Å². The Hall–Kier alpha value is -1.43. The predicted octanol–water partition coefficient (Wildman–Crippen LogP) is 2.72. The topological polar surface area (TPSA) is 62.3 Å². The lowest BCUT2D eigenvalue weighted by Crippen LogP contribution is -2.49. The molecule has 2 amide bonds. The molecule has 1 aliphatic carbocycles. The fraction of sp³-hybridized carbons (Fsp3) is 0.706. The van der Waals surface area contributed by atoms with Crippen LogP contribution in [0.25, 0.3) is 0 Å². The summed E-state index contributed by atoms with van der Waals surface area (Å²) in [6.45, 7) is 1.08. The number of thiazole rings is 1. The van der Waals surface area contributed by atoms with E-state index in [1.165, 1.54) is 25.7 Å². The van der Waals surface area contributed by atoms with Crippen molar-refractivity contribution in [3.8, 4) is 0 Å². The minimum absolute atomic E-state index is 0.0614. The summed E-state index contributed by atoms with van der Waals surface area (Å²) in [6.07, 6.45) is 10.1. The number of piperidine rings is 1. The Kier molecular flexibility index (Phi) is 5.65. The van der Waals surface area contributed by atoms with E-state index in [-0.39, 0.29) is 17.7 Å². The number of nitrogens with zero attached hydrogens (tertiary/aromatic N) is 2. The van der Waals surface area contributed by atoms with Crippen LogP contribution in [0.3, 0.4) is 0 Å². The number of aromatic nitrogens is 1. The van der Waals surface area contributed by atoms with Crippen LogP contribution in [-0.4, -0.2) is 34.3 Å². The molecule has 1 aromatic heterocycles. The Morgan fingerprint density at radius 3 is 2.74 bits per heavy atom. The number of amides is 2. The van der Waals surface area contributed by atoms with Crippen LogP contribution in [0.4, 0.5) is 0 Å². The standard InChI is InChI=1S/C17H25N3O2S/c21-16-8-7-13(17(22)19-11-15-18-9-10-23-15)12-20(16)14-5-3-1-2-4-6-14/h9-10,13-14H,1-8,11-12H2,(H,19,22)/t13-/m1/s1. The molecule has 0 radical (unpaired) electrons. The zero-order valence-corrected chi connectivity index (χ0v) is 14.3. The van der Waals surface area contributed by atoms with E-state index in [1.54, 1.807) is 17.5 Å². The molecule has 1 N–H and O–H groups in total. The van der Waals surface area contributed by atoms with Gasteiger partial charge in [0.15, 0.2) is 0 Å². The molecule has 0 spiro atoms. The molecule has 3 rings (SSSR count). The van der Waals surface area contributed by atoms with Gasteiger partial charge < -0.3 is 10.2 Å². The third kappa shape index (κ3) is 4.31. The second-order valence-electron chi connectivity index (χ2n) is 6.57. The molecule has 1 atom stereocenters. The van der Waals surface area contributed by atoms with Crippen molar-refractivity contribution >= 4 is 23.2 Å². The number of carbonyl (C=O) groups is 2. The quantitative estimate of drug-likeness (QED) is 0.861. The SMILES string of the molecule is O=C(NCc1nccs1)[C@@H]1CCC(=O)N(C2CCCCCC2)C1. The highest BCUT2D eigenvalue weighted by Gasteiger charge is 2.34. The van der Waals surface area contributed by atoms with Gasteiger partial charge in [-0.2, -0.15) is 0 Å². The zero-order chi connectivity index (χ0) is 16.1. The van der Waals surface area contributed by atoms with E-state index >= 15 is 0 Å². The van der Waals surface area contributed by atoms with Crippen LogP contribution in [0.15, 0.2) is 11.6 Å². The molecule has 6 heteroatoms. The molecule has 2 fully saturated rings. The number of rotatable bonds is 4. The number of carbonyl (C=O) groups excluding carboxylic acids is 2. The van der Waals surface area contributed by atoms with Gasteiger partial charge in [-0.3, -0.25) is 9.59 Å². The van der Waals surface area contributed by atoms with Gasteiger partial charge in [0.25, 0.3) is 0 Å². The summed E-state index contributed by atoms with van der Waals surface area (Å²) < 4.78 is 0. The first-order valence-electron chi connectivity index (χ1n) is 8.69. The van der Waals surface area contributed by atoms with Crippen LogP contribution >= 0.6 is 11.3 Å². The molecule has 126 valence electrons. The monoisotopic (exact) mass is 335 g/mol. The smallest absolute Gasteiger partial charge is 0.225 e. The molecular weight excluding hydrogens is 310 g/mol. The molecule has 1 aromatic rings. The average molecular weight is 335 g/mol. The van der Waals surface area contributed by atoms with Crippen LogP contribution in [0, 0.1) is 5.92 Å². The molecule has 23 heavy (non-hydrogen) atoms. The van der Waals surface area contributed by atoms with Crippen LogP contribution < -0.4 is 5.32 Å². The van der Waals surface area contributed by atoms with E-state index in [2.05, 4.69) is 10.3 Å². The molecule has 1 saturated heterocycles. The summed E-state index contributed by atoms with van der Waals surface area (Å²) in [4.78, 5) is 30.9. The lowest BCUT2D eigenvalue weighted by atomic mass is 9.93. The van der Waals surface area contributed by atoms with E-state index in [9.17, 15) is 9.59 Å². The maximum Gasteiger partial charge on any atom is 0.225 e. The van der Waals surface area contributed by atoms with Gasteiger partial charge in [0.05, 0.1) is 12.5 Å². The number of likely N-dealkylation sites (tertiary alicyclic amines) is 1. The van der Waals surface area contributed by atoms with Crippen LogP contribution in [0.1, 0.15) is 56.4 Å². The Morgan fingerprint density at radius 1 is 1.26 bits per heavy atom. The van der Waals surface area contributed by atoms with Crippen LogP contribution in [0.2, 0.25) is 0 Å². The van der Waals surface area contributed by atoms with Gasteiger partial charge in [-0.15, -0.1) is 11.3 Å². The highest BCUT2D eigenvalue weighted by molar-refractivity contribution is 7.09. The van der Waals surface area contributed by atoms with E-state index in [4.69, 9.17) is 0 Å². The Balaban J connectivity index is 1.55. The Labute approximate surface area is 141 Å². The summed E-state index contributed by atoms with van der Waals surface area (Å²) >= 11 is 1.55. The maximum absolute atomic E-state index is 12.4. The molecule has 2 aliphatic rings. The van der Waals surface area contributed by atoms with Crippen molar-refractivity contribution in [3.05, 3.63) is 16.6 Å². The van der Waals surface area contributed by atoms with Gasteiger partial charge in [-0.05, 0) is 19.3 Å². The van der Waals surface area contributed by atoms with E-state index in [0.29, 0.717) is 32.0 Å². The van der Waals surface area contributed by atoms with Crippen molar-refractivity contribution in [1.82, 2.24) is 15.2 Å². The van der Waals surface area contributed by atoms with Gasteiger partial charge in [-0.1, -0.05) is 25.7 Å². The minimum atomic E-state index is -0.0732. The molecule has 1 saturated carbocycles. The summed E-state index contributed by atoms with van der Waals surface area (Å²) in [6, 6.07) is 0.347. The summed E-state index contributed by atoms with van der Waals surface area (Å²) in [5.41, 5.74) is 0. The third-order valence-electron chi connectivity index (χ3n) is 4.98. The number of nitrogens with one attached hydrogen (secondary N) is 1. The van der Waals surface area contributed by atoms with Crippen molar-refractivity contribution in [2.24, 2.45) is 5.92 Å². The number of hydrogen-bond donors (Lipinski definition) is 1. The van der Waals surface area contributed by atoms with E-state index in [1.807, 2.05) is 10.3 Å². The molecule has 0 aromatic carbocycles.